The van der Waals surface area contributed by atoms with E-state index in [1.165, 1.54) is 6.39 Å². The molecular weight excluding hydrogens is 390 g/mol. The predicted octanol–water partition coefficient (Wildman–Crippen LogP) is 4.47. The second-order valence-electron chi connectivity index (χ2n) is 4.01. The third-order valence-corrected chi connectivity index (χ3v) is 4.34. The van der Waals surface area contributed by atoms with Crippen LogP contribution in [0.15, 0.2) is 54.7 Å². The molecule has 3 rings (SSSR count). The van der Waals surface area contributed by atoms with Crippen molar-refractivity contribution in [3.8, 4) is 11.5 Å². The zero-order valence-corrected chi connectivity index (χ0v) is 13.3. The summed E-state index contributed by atoms with van der Waals surface area (Å²) in [6, 6.07) is 9.67. The van der Waals surface area contributed by atoms with E-state index in [9.17, 15) is 0 Å². The maximum atomic E-state index is 5.50. The maximum absolute atomic E-state index is 5.50. The van der Waals surface area contributed by atoms with Crippen LogP contribution in [0.2, 0.25) is 0 Å². The molecule has 7 heteroatoms. The molecular formula is C13H9Br2N3O2. The summed E-state index contributed by atoms with van der Waals surface area (Å²) in [4.78, 5) is 0. The van der Waals surface area contributed by atoms with Gasteiger partial charge in [0.05, 0.1) is 11.0 Å². The number of anilines is 1. The van der Waals surface area contributed by atoms with E-state index in [-0.39, 0.29) is 0 Å². The summed E-state index contributed by atoms with van der Waals surface area (Å²) in [5.41, 5.74) is 1.82. The van der Waals surface area contributed by atoms with E-state index in [2.05, 4.69) is 47.4 Å². The largest absolute Gasteiger partial charge is 0.451 e. The summed E-state index contributed by atoms with van der Waals surface area (Å²) in [6.45, 7) is 0.581. The van der Waals surface area contributed by atoms with Gasteiger partial charge in [0.2, 0.25) is 12.3 Å². The topological polar surface area (TPSA) is 64.1 Å². The lowest BCUT2D eigenvalue weighted by molar-refractivity contribution is 0.494. The first-order valence-corrected chi connectivity index (χ1v) is 7.35. The van der Waals surface area contributed by atoms with Crippen molar-refractivity contribution in [3.05, 3.63) is 51.6 Å². The third-order valence-electron chi connectivity index (χ3n) is 2.63. The second kappa shape index (κ2) is 5.80. The van der Waals surface area contributed by atoms with Gasteiger partial charge in [-0.3, -0.25) is 0 Å². The number of aromatic nitrogens is 2. The van der Waals surface area contributed by atoms with E-state index in [1.807, 2.05) is 30.3 Å². The van der Waals surface area contributed by atoms with Crippen LogP contribution in [0.3, 0.4) is 0 Å². The van der Waals surface area contributed by atoms with Crippen LogP contribution in [0.25, 0.3) is 11.5 Å². The van der Waals surface area contributed by atoms with E-state index >= 15 is 0 Å². The third kappa shape index (κ3) is 2.94. The van der Waals surface area contributed by atoms with E-state index < -0.39 is 0 Å². The first kappa shape index (κ1) is 13.4. The van der Waals surface area contributed by atoms with Gasteiger partial charge in [-0.05, 0) is 56.1 Å². The summed E-state index contributed by atoms with van der Waals surface area (Å²) in [5.74, 6) is 1.32. The standard InChI is InChI=1S/C13H9Br2N3O2/c14-11-5-10(20-12(11)15)6-16-9-3-1-2-8(4-9)13-18-17-7-19-13/h1-5,7,16H,6H2. The molecule has 0 aliphatic rings. The normalized spacial score (nSPS) is 10.7. The van der Waals surface area contributed by atoms with Crippen LogP contribution in [0.4, 0.5) is 5.69 Å². The Balaban J connectivity index is 1.73. The highest BCUT2D eigenvalue weighted by Gasteiger charge is 2.07. The van der Waals surface area contributed by atoms with E-state index in [4.69, 9.17) is 8.83 Å². The van der Waals surface area contributed by atoms with Gasteiger partial charge in [-0.25, -0.2) is 0 Å². The molecule has 1 aromatic carbocycles. The Hall–Kier alpha value is -1.60. The fourth-order valence-electron chi connectivity index (χ4n) is 1.73. The van der Waals surface area contributed by atoms with Crippen molar-refractivity contribution in [3.63, 3.8) is 0 Å². The Morgan fingerprint density at radius 3 is 2.80 bits per heavy atom. The van der Waals surface area contributed by atoms with Crippen LogP contribution in [0.1, 0.15) is 5.76 Å². The molecule has 0 bridgehead atoms. The predicted molar refractivity (Wildman–Crippen MR) is 81.2 cm³/mol. The molecule has 20 heavy (non-hydrogen) atoms. The molecule has 0 fully saturated rings. The second-order valence-corrected chi connectivity index (χ2v) is 5.59. The lowest BCUT2D eigenvalue weighted by Crippen LogP contribution is -1.98. The monoisotopic (exact) mass is 397 g/mol. The number of furan rings is 1. The van der Waals surface area contributed by atoms with Crippen LogP contribution in [-0.2, 0) is 6.54 Å². The number of hydrogen-bond donors (Lipinski definition) is 1. The summed E-state index contributed by atoms with van der Waals surface area (Å²) < 4.78 is 12.3. The zero-order chi connectivity index (χ0) is 13.9. The molecule has 0 saturated heterocycles. The van der Waals surface area contributed by atoms with E-state index in [0.717, 1.165) is 21.5 Å². The number of nitrogens with one attached hydrogen (secondary N) is 1. The van der Waals surface area contributed by atoms with Crippen LogP contribution in [0.5, 0.6) is 0 Å². The van der Waals surface area contributed by atoms with Crippen molar-refractivity contribution >= 4 is 37.5 Å². The molecule has 0 spiro atoms. The van der Waals surface area contributed by atoms with Gasteiger partial charge in [0.25, 0.3) is 0 Å². The van der Waals surface area contributed by atoms with Gasteiger partial charge in [0.1, 0.15) is 5.76 Å². The zero-order valence-electron chi connectivity index (χ0n) is 10.1. The highest BCUT2D eigenvalue weighted by molar-refractivity contribution is 9.13. The van der Waals surface area contributed by atoms with E-state index in [1.54, 1.807) is 0 Å². The van der Waals surface area contributed by atoms with Crippen LogP contribution < -0.4 is 5.32 Å². The fraction of sp³-hybridized carbons (Fsp3) is 0.0769. The summed E-state index contributed by atoms with van der Waals surface area (Å²) in [6.07, 6.45) is 1.31. The van der Waals surface area contributed by atoms with Crippen LogP contribution in [0, 0.1) is 0 Å². The van der Waals surface area contributed by atoms with E-state index in [0.29, 0.717) is 17.1 Å². The Kier molecular flexibility index (Phi) is 3.88. The molecule has 0 saturated carbocycles. The minimum absolute atomic E-state index is 0.497. The van der Waals surface area contributed by atoms with Gasteiger partial charge >= 0.3 is 0 Å². The highest BCUT2D eigenvalue weighted by atomic mass is 79.9. The fourth-order valence-corrected chi connectivity index (χ4v) is 2.39. The van der Waals surface area contributed by atoms with Crippen molar-refractivity contribution in [1.82, 2.24) is 10.2 Å². The Morgan fingerprint density at radius 2 is 2.10 bits per heavy atom. The van der Waals surface area contributed by atoms with Gasteiger partial charge < -0.3 is 14.2 Å². The molecule has 2 heterocycles. The minimum Gasteiger partial charge on any atom is -0.451 e. The summed E-state index contributed by atoms with van der Waals surface area (Å²) in [7, 11) is 0. The van der Waals surface area contributed by atoms with Crippen LogP contribution >= 0.6 is 31.9 Å². The van der Waals surface area contributed by atoms with Crippen molar-refractivity contribution < 1.29 is 8.83 Å². The SMILES string of the molecule is Brc1cc(CNc2cccc(-c3nnco3)c2)oc1Br. The quantitative estimate of drug-likeness (QED) is 0.702. The molecule has 2 aromatic heterocycles. The molecule has 1 N–H and O–H groups in total. The van der Waals surface area contributed by atoms with Crippen molar-refractivity contribution in [2.45, 2.75) is 6.54 Å². The first-order chi connectivity index (χ1) is 9.72. The molecule has 0 unspecified atom stereocenters. The molecule has 0 amide bonds. The number of halogens is 2. The smallest absolute Gasteiger partial charge is 0.247 e. The molecule has 0 radical (unpaired) electrons. The molecule has 3 aromatic rings. The molecule has 5 nitrogen and oxygen atoms in total. The number of rotatable bonds is 4. The number of nitrogens with zero attached hydrogens (tertiary/aromatic N) is 2. The Labute approximate surface area is 131 Å². The number of hydrogen-bond acceptors (Lipinski definition) is 5. The Morgan fingerprint density at radius 1 is 1.20 bits per heavy atom. The van der Waals surface area contributed by atoms with Gasteiger partial charge in [-0.2, -0.15) is 0 Å². The maximum Gasteiger partial charge on any atom is 0.247 e. The van der Waals surface area contributed by atoms with Crippen LogP contribution in [-0.4, -0.2) is 10.2 Å². The van der Waals surface area contributed by atoms with Gasteiger partial charge in [-0.15, -0.1) is 10.2 Å². The van der Waals surface area contributed by atoms with Crippen molar-refractivity contribution in [1.29, 1.82) is 0 Å². The van der Waals surface area contributed by atoms with Crippen molar-refractivity contribution in [2.75, 3.05) is 5.32 Å². The van der Waals surface area contributed by atoms with Gasteiger partial charge in [0, 0.05) is 11.3 Å². The molecule has 0 atom stereocenters. The molecule has 0 aliphatic heterocycles. The minimum atomic E-state index is 0.497. The molecule has 0 aliphatic carbocycles. The van der Waals surface area contributed by atoms with Gasteiger partial charge in [-0.1, -0.05) is 6.07 Å². The lowest BCUT2D eigenvalue weighted by atomic mass is 10.2. The van der Waals surface area contributed by atoms with Crippen molar-refractivity contribution in [2.24, 2.45) is 0 Å². The number of benzene rings is 1. The average molecular weight is 399 g/mol. The summed E-state index contributed by atoms with van der Waals surface area (Å²) in [5, 5.41) is 10.8. The first-order valence-electron chi connectivity index (χ1n) is 5.76. The summed E-state index contributed by atoms with van der Waals surface area (Å²) >= 11 is 6.70. The van der Waals surface area contributed by atoms with Gasteiger partial charge in [0.15, 0.2) is 4.67 Å². The lowest BCUT2D eigenvalue weighted by Gasteiger charge is -2.05. The molecule has 102 valence electrons. The highest BCUT2D eigenvalue weighted by Crippen LogP contribution is 2.27. The Bertz CT molecular complexity index is 691. The average Bonchev–Trinajstić information content (AvgIpc) is 3.08.